The van der Waals surface area contributed by atoms with Crippen LogP contribution in [0.5, 0.6) is 0 Å². The number of carbonyl (C=O) groups is 1. The van der Waals surface area contributed by atoms with Crippen LogP contribution in [0.4, 0.5) is 13.2 Å². The van der Waals surface area contributed by atoms with Gasteiger partial charge in [0.1, 0.15) is 0 Å². The Kier molecular flexibility index (Phi) is 4.80. The van der Waals surface area contributed by atoms with Crippen molar-refractivity contribution >= 4 is 5.97 Å². The van der Waals surface area contributed by atoms with E-state index >= 15 is 0 Å². The number of hydrogen-bond donors (Lipinski definition) is 0. The van der Waals surface area contributed by atoms with Crippen LogP contribution in [0.1, 0.15) is 22.8 Å². The Morgan fingerprint density at radius 3 is 2.55 bits per heavy atom. The molecule has 0 saturated carbocycles. The first kappa shape index (κ1) is 16.0. The maximum absolute atomic E-state index is 13.1. The molecule has 6 heteroatoms. The Morgan fingerprint density at radius 1 is 1.23 bits per heavy atom. The lowest BCUT2D eigenvalue weighted by molar-refractivity contribution is -0.223. The lowest BCUT2D eigenvalue weighted by Crippen LogP contribution is -2.27. The fourth-order valence-electron chi connectivity index (χ4n) is 1.99. The summed E-state index contributed by atoms with van der Waals surface area (Å²) in [5, 5.41) is 0. The van der Waals surface area contributed by atoms with Gasteiger partial charge in [0, 0.05) is 18.0 Å². The minimum atomic E-state index is -4.69. The standard InChI is InChI=1S/C16H14F3NO2/c1-11-5-2-3-6-12(11)9-14(21)22-15(16(17,18)19)13-7-4-8-20-10-13/h2-8,10,15H,9H2,1H3. The molecule has 0 N–H and O–H groups in total. The fourth-order valence-corrected chi connectivity index (χ4v) is 1.99. The van der Waals surface area contributed by atoms with E-state index in [1.54, 1.807) is 31.2 Å². The van der Waals surface area contributed by atoms with E-state index in [1.165, 1.54) is 18.3 Å². The summed E-state index contributed by atoms with van der Waals surface area (Å²) in [6, 6.07) is 9.57. The Balaban J connectivity index is 2.14. The van der Waals surface area contributed by atoms with Crippen LogP contribution < -0.4 is 0 Å². The van der Waals surface area contributed by atoms with E-state index in [2.05, 4.69) is 9.72 Å². The van der Waals surface area contributed by atoms with Crippen LogP contribution >= 0.6 is 0 Å². The smallest absolute Gasteiger partial charge is 0.429 e. The molecule has 3 nitrogen and oxygen atoms in total. The number of esters is 1. The third-order valence-electron chi connectivity index (χ3n) is 3.13. The van der Waals surface area contributed by atoms with Crippen molar-refractivity contribution < 1.29 is 22.7 Å². The van der Waals surface area contributed by atoms with Crippen LogP contribution in [-0.2, 0) is 16.0 Å². The zero-order valence-corrected chi connectivity index (χ0v) is 11.8. The molecular formula is C16H14F3NO2. The quantitative estimate of drug-likeness (QED) is 0.807. The predicted octanol–water partition coefficient (Wildman–Crippen LogP) is 3.78. The summed E-state index contributed by atoms with van der Waals surface area (Å²) in [6.45, 7) is 1.78. The molecule has 0 radical (unpaired) electrons. The second kappa shape index (κ2) is 6.60. The number of halogens is 3. The molecule has 0 saturated heterocycles. The Labute approximate surface area is 125 Å². The minimum absolute atomic E-state index is 0.201. The van der Waals surface area contributed by atoms with Crippen LogP contribution in [-0.4, -0.2) is 17.1 Å². The van der Waals surface area contributed by atoms with Gasteiger partial charge in [0.25, 0.3) is 0 Å². The summed E-state index contributed by atoms with van der Waals surface area (Å²) in [7, 11) is 0. The molecule has 0 fully saturated rings. The zero-order chi connectivity index (χ0) is 16.2. The van der Waals surface area contributed by atoms with Gasteiger partial charge in [-0.3, -0.25) is 9.78 Å². The first-order valence-electron chi connectivity index (χ1n) is 6.58. The number of aromatic nitrogens is 1. The molecule has 1 aromatic heterocycles. The number of hydrogen-bond acceptors (Lipinski definition) is 3. The maximum atomic E-state index is 13.1. The third-order valence-corrected chi connectivity index (χ3v) is 3.13. The van der Waals surface area contributed by atoms with E-state index < -0.39 is 18.2 Å². The third kappa shape index (κ3) is 4.07. The van der Waals surface area contributed by atoms with Gasteiger partial charge in [0.15, 0.2) is 0 Å². The summed E-state index contributed by atoms with van der Waals surface area (Å²) >= 11 is 0. The van der Waals surface area contributed by atoms with Crippen LogP contribution in [0.2, 0.25) is 0 Å². The van der Waals surface area contributed by atoms with Gasteiger partial charge in [-0.05, 0) is 24.1 Å². The lowest BCUT2D eigenvalue weighted by atomic mass is 10.1. The van der Waals surface area contributed by atoms with Gasteiger partial charge in [-0.2, -0.15) is 13.2 Å². The number of benzene rings is 1. The first-order valence-corrected chi connectivity index (χ1v) is 6.58. The number of aryl methyl sites for hydroxylation is 1. The molecule has 2 rings (SSSR count). The number of carbonyl (C=O) groups excluding carboxylic acids is 1. The van der Waals surface area contributed by atoms with Gasteiger partial charge in [-0.25, -0.2) is 0 Å². The topological polar surface area (TPSA) is 39.2 Å². The molecule has 1 heterocycles. The van der Waals surface area contributed by atoms with Crippen LogP contribution in [0.25, 0.3) is 0 Å². The molecule has 0 amide bonds. The van der Waals surface area contributed by atoms with Gasteiger partial charge >= 0.3 is 12.1 Å². The van der Waals surface area contributed by atoms with Crippen molar-refractivity contribution in [2.75, 3.05) is 0 Å². The molecule has 22 heavy (non-hydrogen) atoms. The van der Waals surface area contributed by atoms with E-state index in [9.17, 15) is 18.0 Å². The van der Waals surface area contributed by atoms with Crippen LogP contribution in [0.3, 0.4) is 0 Å². The molecule has 0 spiro atoms. The molecule has 0 aliphatic heterocycles. The molecule has 1 unspecified atom stereocenters. The number of nitrogens with zero attached hydrogens (tertiary/aromatic N) is 1. The lowest BCUT2D eigenvalue weighted by Gasteiger charge is -2.21. The Hall–Kier alpha value is -2.37. The fraction of sp³-hybridized carbons (Fsp3) is 0.250. The second-order valence-electron chi connectivity index (χ2n) is 4.80. The monoisotopic (exact) mass is 309 g/mol. The van der Waals surface area contributed by atoms with Gasteiger partial charge in [0.2, 0.25) is 6.10 Å². The van der Waals surface area contributed by atoms with Crippen molar-refractivity contribution in [3.05, 3.63) is 65.5 Å². The highest BCUT2D eigenvalue weighted by Gasteiger charge is 2.44. The number of pyridine rings is 1. The number of ether oxygens (including phenoxy) is 1. The number of rotatable bonds is 4. The van der Waals surface area contributed by atoms with E-state index in [4.69, 9.17) is 0 Å². The van der Waals surface area contributed by atoms with Crippen molar-refractivity contribution in [2.45, 2.75) is 25.6 Å². The summed E-state index contributed by atoms with van der Waals surface area (Å²) in [5.74, 6) is -0.930. The van der Waals surface area contributed by atoms with Crippen LogP contribution in [0.15, 0.2) is 48.8 Å². The molecule has 2 aromatic rings. The van der Waals surface area contributed by atoms with Gasteiger partial charge < -0.3 is 4.74 Å². The van der Waals surface area contributed by atoms with Crippen molar-refractivity contribution in [3.8, 4) is 0 Å². The SMILES string of the molecule is Cc1ccccc1CC(=O)OC(c1cccnc1)C(F)(F)F. The second-order valence-corrected chi connectivity index (χ2v) is 4.80. The molecular weight excluding hydrogens is 295 g/mol. The van der Waals surface area contributed by atoms with Crippen molar-refractivity contribution in [3.63, 3.8) is 0 Å². The van der Waals surface area contributed by atoms with Crippen molar-refractivity contribution in [1.82, 2.24) is 4.98 Å². The van der Waals surface area contributed by atoms with E-state index in [0.29, 0.717) is 5.56 Å². The molecule has 116 valence electrons. The van der Waals surface area contributed by atoms with E-state index in [0.717, 1.165) is 11.8 Å². The highest BCUT2D eigenvalue weighted by atomic mass is 19.4. The summed E-state index contributed by atoms with van der Waals surface area (Å²) in [5.41, 5.74) is 1.26. The highest BCUT2D eigenvalue weighted by molar-refractivity contribution is 5.73. The average Bonchev–Trinajstić information content (AvgIpc) is 2.47. The van der Waals surface area contributed by atoms with E-state index in [-0.39, 0.29) is 12.0 Å². The molecule has 1 atom stereocenters. The van der Waals surface area contributed by atoms with Crippen molar-refractivity contribution in [1.29, 1.82) is 0 Å². The van der Waals surface area contributed by atoms with E-state index in [1.807, 2.05) is 0 Å². The van der Waals surface area contributed by atoms with Crippen molar-refractivity contribution in [2.24, 2.45) is 0 Å². The van der Waals surface area contributed by atoms with Gasteiger partial charge in [-0.15, -0.1) is 0 Å². The summed E-state index contributed by atoms with van der Waals surface area (Å²) in [4.78, 5) is 15.5. The Bertz CT molecular complexity index is 641. The molecule has 0 aliphatic rings. The first-order chi connectivity index (χ1) is 10.4. The number of alkyl halides is 3. The normalized spacial score (nSPS) is 12.7. The molecule has 0 aliphatic carbocycles. The predicted molar refractivity (Wildman–Crippen MR) is 74.0 cm³/mol. The Morgan fingerprint density at radius 2 is 1.95 bits per heavy atom. The van der Waals surface area contributed by atoms with Crippen LogP contribution in [0, 0.1) is 6.92 Å². The molecule has 0 bridgehead atoms. The average molecular weight is 309 g/mol. The maximum Gasteiger partial charge on any atom is 0.429 e. The summed E-state index contributed by atoms with van der Waals surface area (Å²) in [6.07, 6.45) is -4.81. The van der Waals surface area contributed by atoms with Gasteiger partial charge in [-0.1, -0.05) is 30.3 Å². The minimum Gasteiger partial charge on any atom is -0.447 e. The zero-order valence-electron chi connectivity index (χ0n) is 11.8. The van der Waals surface area contributed by atoms with Gasteiger partial charge in [0.05, 0.1) is 6.42 Å². The summed E-state index contributed by atoms with van der Waals surface area (Å²) < 4.78 is 43.9. The molecule has 1 aromatic carbocycles. The highest BCUT2D eigenvalue weighted by Crippen LogP contribution is 2.35. The largest absolute Gasteiger partial charge is 0.447 e.